The smallest absolute Gasteiger partial charge is 0.177 e. The fourth-order valence-electron chi connectivity index (χ4n) is 0.709. The van der Waals surface area contributed by atoms with E-state index in [0.717, 1.165) is 0 Å². The van der Waals surface area contributed by atoms with Crippen molar-refractivity contribution in [3.63, 3.8) is 0 Å². The Morgan fingerprint density at radius 3 is 2.64 bits per heavy atom. The molecule has 0 unspecified atom stereocenters. The van der Waals surface area contributed by atoms with Crippen LogP contribution in [0.3, 0.4) is 0 Å². The van der Waals surface area contributed by atoms with Crippen LogP contribution >= 0.6 is 0 Å². The molecule has 4 heteroatoms. The lowest BCUT2D eigenvalue weighted by Crippen LogP contribution is -2.31. The first-order chi connectivity index (χ1) is 4.70. The van der Waals surface area contributed by atoms with Gasteiger partial charge in [0.25, 0.3) is 0 Å². The number of carboxylic acid groups (broad SMARTS) is 1. The maximum Gasteiger partial charge on any atom is 0.177 e. The van der Waals surface area contributed by atoms with Gasteiger partial charge in [-0.2, -0.15) is 0 Å². The number of aryl methyl sites for hydroxylation is 1. The van der Waals surface area contributed by atoms with Crippen LogP contribution in [0.25, 0.3) is 0 Å². The molecular weight excluding hydrogens is 146 g/mol. The fraction of sp³-hybridized carbons (Fsp3) is 0.143. The van der Waals surface area contributed by atoms with Crippen LogP contribution in [0, 0.1) is 0 Å². The monoisotopic (exact) mass is 155 g/mol. The molecule has 1 heterocycles. The number of aromatic nitrogens is 1. The summed E-state index contributed by atoms with van der Waals surface area (Å²) in [7, 11) is 1.76. The van der Waals surface area contributed by atoms with Crippen molar-refractivity contribution in [2.75, 3.05) is 0 Å². The van der Waals surface area contributed by atoms with Crippen LogP contribution < -0.4 is 9.67 Å². The Kier molecular flexibility index (Phi) is 3.20. The third-order valence-electron chi connectivity index (χ3n) is 1.18. The minimum absolute atomic E-state index is 0. The lowest BCUT2D eigenvalue weighted by molar-refractivity contribution is -0.671. The zero-order valence-corrected chi connectivity index (χ0v) is 6.07. The summed E-state index contributed by atoms with van der Waals surface area (Å²) in [6.07, 6.45) is 3.25. The highest BCUT2D eigenvalue weighted by Crippen LogP contribution is 1.89. The van der Waals surface area contributed by atoms with Crippen LogP contribution in [0.1, 0.15) is 10.4 Å². The van der Waals surface area contributed by atoms with Crippen molar-refractivity contribution in [3.05, 3.63) is 30.1 Å². The van der Waals surface area contributed by atoms with Gasteiger partial charge in [-0.25, -0.2) is 4.57 Å². The standard InChI is InChI=1S/C7H7NO2.H2O/c1-8-4-2-3-6(5-8)7(9)10;/h2-5H,1H3;1H2. The Bertz CT molecular complexity index is 260. The molecule has 11 heavy (non-hydrogen) atoms. The summed E-state index contributed by atoms with van der Waals surface area (Å²) in [4.78, 5) is 10.2. The van der Waals surface area contributed by atoms with E-state index in [4.69, 9.17) is 0 Å². The van der Waals surface area contributed by atoms with E-state index in [1.54, 1.807) is 23.9 Å². The normalized spacial score (nSPS) is 8.45. The molecule has 0 aromatic carbocycles. The summed E-state index contributed by atoms with van der Waals surface area (Å²) in [6, 6.07) is 3.15. The number of nitrogens with zero attached hydrogens (tertiary/aromatic N) is 1. The molecule has 4 nitrogen and oxygen atoms in total. The number of carbonyl (C=O) groups is 1. The summed E-state index contributed by atoms with van der Waals surface area (Å²) in [5, 5.41) is 10.2. The number of hydrogen-bond donors (Lipinski definition) is 0. The van der Waals surface area contributed by atoms with Crippen LogP contribution in [0.2, 0.25) is 0 Å². The number of carbonyl (C=O) groups excluding carboxylic acids is 1. The molecule has 0 radical (unpaired) electrons. The Morgan fingerprint density at radius 1 is 1.64 bits per heavy atom. The fourth-order valence-corrected chi connectivity index (χ4v) is 0.709. The van der Waals surface area contributed by atoms with E-state index in [2.05, 4.69) is 0 Å². The van der Waals surface area contributed by atoms with E-state index < -0.39 is 5.97 Å². The van der Waals surface area contributed by atoms with Gasteiger partial charge in [-0.05, 0) is 6.07 Å². The lowest BCUT2D eigenvalue weighted by Gasteiger charge is -1.96. The third-order valence-corrected chi connectivity index (χ3v) is 1.18. The van der Waals surface area contributed by atoms with Gasteiger partial charge in [-0.3, -0.25) is 0 Å². The van der Waals surface area contributed by atoms with E-state index in [0.29, 0.717) is 0 Å². The van der Waals surface area contributed by atoms with E-state index in [9.17, 15) is 9.90 Å². The Balaban J connectivity index is 0.000001000. The maximum absolute atomic E-state index is 10.2. The van der Waals surface area contributed by atoms with Gasteiger partial charge in [-0.1, -0.05) is 0 Å². The second-order valence-corrected chi connectivity index (χ2v) is 2.05. The van der Waals surface area contributed by atoms with Crippen molar-refractivity contribution < 1.29 is 19.9 Å². The van der Waals surface area contributed by atoms with Crippen LogP contribution in [-0.4, -0.2) is 11.4 Å². The van der Waals surface area contributed by atoms with Crippen LogP contribution in [-0.2, 0) is 7.05 Å². The van der Waals surface area contributed by atoms with Gasteiger partial charge in [-0.15, -0.1) is 0 Å². The largest absolute Gasteiger partial charge is 0.545 e. The predicted molar refractivity (Wildman–Crippen MR) is 35.6 cm³/mol. The molecule has 0 saturated carbocycles. The number of carboxylic acids is 1. The first-order valence-corrected chi connectivity index (χ1v) is 2.87. The first-order valence-electron chi connectivity index (χ1n) is 2.87. The Hall–Kier alpha value is -1.42. The van der Waals surface area contributed by atoms with Crippen LogP contribution in [0.15, 0.2) is 24.5 Å². The van der Waals surface area contributed by atoms with Gasteiger partial charge in [0.1, 0.15) is 7.05 Å². The molecule has 0 spiro atoms. The van der Waals surface area contributed by atoms with Crippen molar-refractivity contribution in [2.45, 2.75) is 0 Å². The predicted octanol–water partition coefficient (Wildman–Crippen LogP) is -1.95. The number of pyridine rings is 1. The summed E-state index contributed by atoms with van der Waals surface area (Å²) in [5.41, 5.74) is 0.199. The molecule has 0 aliphatic carbocycles. The second kappa shape index (κ2) is 3.68. The molecule has 60 valence electrons. The van der Waals surface area contributed by atoms with Crippen molar-refractivity contribution in [1.82, 2.24) is 0 Å². The topological polar surface area (TPSA) is 75.5 Å². The van der Waals surface area contributed by atoms with Gasteiger partial charge in [0.05, 0.1) is 11.5 Å². The zero-order chi connectivity index (χ0) is 7.56. The van der Waals surface area contributed by atoms with Crippen molar-refractivity contribution in [2.24, 2.45) is 7.05 Å². The molecule has 0 bridgehead atoms. The molecule has 1 rings (SSSR count). The highest BCUT2D eigenvalue weighted by Gasteiger charge is 1.96. The summed E-state index contributed by atoms with van der Waals surface area (Å²) >= 11 is 0. The van der Waals surface area contributed by atoms with E-state index in [1.165, 1.54) is 12.3 Å². The van der Waals surface area contributed by atoms with E-state index >= 15 is 0 Å². The van der Waals surface area contributed by atoms with Crippen molar-refractivity contribution >= 4 is 5.97 Å². The molecule has 0 aliphatic heterocycles. The minimum atomic E-state index is -1.14. The second-order valence-electron chi connectivity index (χ2n) is 2.05. The van der Waals surface area contributed by atoms with Crippen molar-refractivity contribution in [3.8, 4) is 0 Å². The molecule has 0 aliphatic rings. The molecule has 2 N–H and O–H groups in total. The number of rotatable bonds is 1. The summed E-state index contributed by atoms with van der Waals surface area (Å²) in [5.74, 6) is -1.14. The van der Waals surface area contributed by atoms with E-state index in [-0.39, 0.29) is 11.0 Å². The summed E-state index contributed by atoms with van der Waals surface area (Å²) in [6.45, 7) is 0. The molecule has 0 fully saturated rings. The van der Waals surface area contributed by atoms with Gasteiger partial charge >= 0.3 is 0 Å². The van der Waals surface area contributed by atoms with Crippen molar-refractivity contribution in [1.29, 1.82) is 0 Å². The van der Waals surface area contributed by atoms with Crippen LogP contribution in [0.5, 0.6) is 0 Å². The molecule has 0 saturated heterocycles. The quantitative estimate of drug-likeness (QED) is 0.442. The van der Waals surface area contributed by atoms with Crippen LogP contribution in [0.4, 0.5) is 0 Å². The average Bonchev–Trinajstić information content (AvgIpc) is 1.88. The van der Waals surface area contributed by atoms with Gasteiger partial charge < -0.3 is 15.4 Å². The highest BCUT2D eigenvalue weighted by atomic mass is 16.4. The SMILES string of the molecule is C[n+]1cccc(C(=O)[O-])c1.O. The molecular formula is C7H9NO3. The number of aromatic carboxylic acids is 1. The molecule has 1 aromatic rings. The summed E-state index contributed by atoms with van der Waals surface area (Å²) < 4.78 is 1.66. The molecule has 0 atom stereocenters. The average molecular weight is 155 g/mol. The minimum Gasteiger partial charge on any atom is -0.545 e. The highest BCUT2D eigenvalue weighted by molar-refractivity contribution is 5.84. The Morgan fingerprint density at radius 2 is 2.27 bits per heavy atom. The number of hydrogen-bond acceptors (Lipinski definition) is 2. The third kappa shape index (κ3) is 2.35. The molecule has 1 aromatic heterocycles. The Labute approximate surface area is 64.0 Å². The lowest BCUT2D eigenvalue weighted by atomic mass is 10.3. The molecule has 0 amide bonds. The van der Waals surface area contributed by atoms with Gasteiger partial charge in [0.2, 0.25) is 0 Å². The van der Waals surface area contributed by atoms with Gasteiger partial charge in [0.15, 0.2) is 12.4 Å². The van der Waals surface area contributed by atoms with E-state index in [1.807, 2.05) is 0 Å². The maximum atomic E-state index is 10.2. The van der Waals surface area contributed by atoms with Gasteiger partial charge in [0, 0.05) is 6.07 Å². The first kappa shape index (κ1) is 9.58. The zero-order valence-electron chi connectivity index (χ0n) is 6.07.